The molecule has 0 unspecified atom stereocenters. The third-order valence-electron chi connectivity index (χ3n) is 3.90. The molecule has 0 atom stereocenters. The monoisotopic (exact) mass is 349 g/mol. The molecule has 2 heterocycles. The summed E-state index contributed by atoms with van der Waals surface area (Å²) in [6.45, 7) is 5.37. The Morgan fingerprint density at radius 3 is 2.84 bits per heavy atom. The fourth-order valence-electron chi connectivity index (χ4n) is 2.42. The van der Waals surface area contributed by atoms with Gasteiger partial charge in [-0.2, -0.15) is 0 Å². The molecule has 25 heavy (non-hydrogen) atoms. The van der Waals surface area contributed by atoms with Gasteiger partial charge in [-0.1, -0.05) is 5.21 Å². The third-order valence-corrected chi connectivity index (χ3v) is 3.90. The van der Waals surface area contributed by atoms with E-state index in [-0.39, 0.29) is 18.7 Å². The predicted molar refractivity (Wildman–Crippen MR) is 87.8 cm³/mol. The van der Waals surface area contributed by atoms with Crippen LogP contribution in [0.3, 0.4) is 0 Å². The van der Waals surface area contributed by atoms with Crippen LogP contribution in [0.15, 0.2) is 17.0 Å². The molecule has 136 valence electrons. The second kappa shape index (κ2) is 8.95. The smallest absolute Gasteiger partial charge is 0.303 e. The van der Waals surface area contributed by atoms with Gasteiger partial charge in [0.25, 0.3) is 0 Å². The van der Waals surface area contributed by atoms with Crippen molar-refractivity contribution >= 4 is 11.9 Å². The molecule has 1 amide bonds. The molecule has 0 aliphatic heterocycles. The van der Waals surface area contributed by atoms with Gasteiger partial charge in [-0.25, -0.2) is 4.98 Å². The molecule has 2 aromatic rings. The third kappa shape index (κ3) is 5.70. The number of amides is 1. The number of carboxylic acid groups (broad SMARTS) is 1. The zero-order valence-corrected chi connectivity index (χ0v) is 14.5. The molecule has 2 rings (SSSR count). The Balaban J connectivity index is 1.82. The van der Waals surface area contributed by atoms with E-state index in [0.29, 0.717) is 43.9 Å². The standard InChI is InChI=1S/C16H23N5O4/c1-3-20(15(22)9-14-12(2)25-11-17-14)8-6-13-10-21(19-18-13)7-4-5-16(23)24/h10-11H,3-9H2,1-2H3,(H,23,24). The molecule has 9 heteroatoms. The van der Waals surface area contributed by atoms with E-state index in [1.54, 1.807) is 22.7 Å². The fourth-order valence-corrected chi connectivity index (χ4v) is 2.42. The Kier molecular flexibility index (Phi) is 6.67. The number of oxazole rings is 1. The van der Waals surface area contributed by atoms with Crippen molar-refractivity contribution in [3.63, 3.8) is 0 Å². The van der Waals surface area contributed by atoms with Crippen molar-refractivity contribution in [3.05, 3.63) is 29.7 Å². The maximum Gasteiger partial charge on any atom is 0.303 e. The maximum atomic E-state index is 12.4. The molecule has 0 fully saturated rings. The molecule has 0 aromatic carbocycles. The van der Waals surface area contributed by atoms with Crippen LogP contribution >= 0.6 is 0 Å². The van der Waals surface area contributed by atoms with Crippen molar-refractivity contribution in [2.24, 2.45) is 0 Å². The highest BCUT2D eigenvalue weighted by Gasteiger charge is 2.16. The summed E-state index contributed by atoms with van der Waals surface area (Å²) < 4.78 is 6.75. The van der Waals surface area contributed by atoms with Crippen LogP contribution in [0.1, 0.15) is 36.9 Å². The SMILES string of the molecule is CCN(CCc1cn(CCCC(=O)O)nn1)C(=O)Cc1ncoc1C. The van der Waals surface area contributed by atoms with Crippen LogP contribution in [0.25, 0.3) is 0 Å². The maximum absolute atomic E-state index is 12.4. The largest absolute Gasteiger partial charge is 0.481 e. The van der Waals surface area contributed by atoms with Crippen LogP contribution in [-0.2, 0) is 29.0 Å². The van der Waals surface area contributed by atoms with Crippen LogP contribution < -0.4 is 0 Å². The average Bonchev–Trinajstić information content (AvgIpc) is 3.17. The Morgan fingerprint density at radius 2 is 2.20 bits per heavy atom. The Bertz CT molecular complexity index is 709. The molecule has 0 saturated carbocycles. The molecule has 0 saturated heterocycles. The minimum Gasteiger partial charge on any atom is -0.481 e. The first kappa shape index (κ1) is 18.6. The molecule has 0 bridgehead atoms. The first-order chi connectivity index (χ1) is 12.0. The molecule has 0 aliphatic carbocycles. The lowest BCUT2D eigenvalue weighted by Crippen LogP contribution is -2.34. The van der Waals surface area contributed by atoms with Crippen LogP contribution in [0.2, 0.25) is 0 Å². The van der Waals surface area contributed by atoms with E-state index < -0.39 is 5.97 Å². The zero-order valence-electron chi connectivity index (χ0n) is 14.5. The van der Waals surface area contributed by atoms with E-state index in [0.717, 1.165) is 5.69 Å². The normalized spacial score (nSPS) is 10.8. The highest BCUT2D eigenvalue weighted by Crippen LogP contribution is 2.08. The van der Waals surface area contributed by atoms with Gasteiger partial charge in [-0.15, -0.1) is 5.10 Å². The van der Waals surface area contributed by atoms with E-state index in [9.17, 15) is 9.59 Å². The first-order valence-electron chi connectivity index (χ1n) is 8.27. The van der Waals surface area contributed by atoms with Gasteiger partial charge in [0.05, 0.1) is 17.8 Å². The molecule has 0 spiro atoms. The molecule has 0 aliphatic rings. The molecular weight excluding hydrogens is 326 g/mol. The first-order valence-corrected chi connectivity index (χ1v) is 8.27. The van der Waals surface area contributed by atoms with Gasteiger partial charge < -0.3 is 14.4 Å². The minimum atomic E-state index is -0.820. The molecule has 0 radical (unpaired) electrons. The second-order valence-electron chi connectivity index (χ2n) is 5.73. The number of hydrogen-bond acceptors (Lipinski definition) is 6. The van der Waals surface area contributed by atoms with E-state index in [2.05, 4.69) is 15.3 Å². The van der Waals surface area contributed by atoms with Crippen LogP contribution in [0.4, 0.5) is 0 Å². The quantitative estimate of drug-likeness (QED) is 0.682. The molecule has 1 N–H and O–H groups in total. The number of carbonyl (C=O) groups is 2. The van der Waals surface area contributed by atoms with Crippen LogP contribution in [-0.4, -0.2) is 55.0 Å². The van der Waals surface area contributed by atoms with Crippen molar-refractivity contribution in [1.82, 2.24) is 24.9 Å². The number of aliphatic carboxylic acids is 1. The van der Waals surface area contributed by atoms with Crippen molar-refractivity contribution in [3.8, 4) is 0 Å². The number of aromatic nitrogens is 4. The van der Waals surface area contributed by atoms with Gasteiger partial charge >= 0.3 is 5.97 Å². The lowest BCUT2D eigenvalue weighted by atomic mass is 10.2. The minimum absolute atomic E-state index is 0.00616. The topological polar surface area (TPSA) is 114 Å². The summed E-state index contributed by atoms with van der Waals surface area (Å²) in [4.78, 5) is 28.7. The second-order valence-corrected chi connectivity index (χ2v) is 5.73. The number of likely N-dealkylation sites (N-methyl/N-ethyl adjacent to an activating group) is 1. The zero-order chi connectivity index (χ0) is 18.2. The fraction of sp³-hybridized carbons (Fsp3) is 0.562. The summed E-state index contributed by atoms with van der Waals surface area (Å²) in [6, 6.07) is 0. The summed E-state index contributed by atoms with van der Waals surface area (Å²) >= 11 is 0. The highest BCUT2D eigenvalue weighted by molar-refractivity contribution is 5.78. The lowest BCUT2D eigenvalue weighted by molar-refractivity contribution is -0.137. The van der Waals surface area contributed by atoms with E-state index >= 15 is 0 Å². The van der Waals surface area contributed by atoms with Gasteiger partial charge in [0, 0.05) is 38.7 Å². The Morgan fingerprint density at radius 1 is 1.40 bits per heavy atom. The summed E-state index contributed by atoms with van der Waals surface area (Å²) in [5.74, 6) is -0.165. The lowest BCUT2D eigenvalue weighted by Gasteiger charge is -2.19. The van der Waals surface area contributed by atoms with E-state index in [1.807, 2.05) is 6.92 Å². The summed E-state index contributed by atoms with van der Waals surface area (Å²) in [5.41, 5.74) is 1.44. The Hall–Kier alpha value is -2.71. The summed E-state index contributed by atoms with van der Waals surface area (Å²) in [6.07, 6.45) is 4.57. The van der Waals surface area contributed by atoms with Crippen molar-refractivity contribution < 1.29 is 19.1 Å². The van der Waals surface area contributed by atoms with E-state index in [1.165, 1.54) is 6.39 Å². The number of aryl methyl sites for hydroxylation is 2. The summed E-state index contributed by atoms with van der Waals surface area (Å²) in [7, 11) is 0. The number of carboxylic acids is 1. The van der Waals surface area contributed by atoms with Crippen molar-refractivity contribution in [2.45, 2.75) is 46.1 Å². The van der Waals surface area contributed by atoms with Gasteiger partial charge in [0.2, 0.25) is 5.91 Å². The van der Waals surface area contributed by atoms with Gasteiger partial charge in [0.15, 0.2) is 6.39 Å². The number of rotatable bonds is 10. The van der Waals surface area contributed by atoms with Crippen LogP contribution in [0, 0.1) is 6.92 Å². The predicted octanol–water partition coefficient (Wildman–Crippen LogP) is 1.07. The molecular formula is C16H23N5O4. The van der Waals surface area contributed by atoms with Crippen LogP contribution in [0.5, 0.6) is 0 Å². The summed E-state index contributed by atoms with van der Waals surface area (Å²) in [5, 5.41) is 16.7. The number of carbonyl (C=O) groups excluding carboxylic acids is 1. The van der Waals surface area contributed by atoms with Gasteiger partial charge in [-0.3, -0.25) is 14.3 Å². The van der Waals surface area contributed by atoms with Gasteiger partial charge in [0.1, 0.15) is 5.76 Å². The Labute approximate surface area is 145 Å². The highest BCUT2D eigenvalue weighted by atomic mass is 16.4. The van der Waals surface area contributed by atoms with Gasteiger partial charge in [-0.05, 0) is 20.3 Å². The van der Waals surface area contributed by atoms with E-state index in [4.69, 9.17) is 9.52 Å². The number of nitrogens with zero attached hydrogens (tertiary/aromatic N) is 5. The average molecular weight is 349 g/mol. The van der Waals surface area contributed by atoms with Crippen molar-refractivity contribution in [2.75, 3.05) is 13.1 Å². The number of hydrogen-bond donors (Lipinski definition) is 1. The molecule has 9 nitrogen and oxygen atoms in total. The van der Waals surface area contributed by atoms with Crippen molar-refractivity contribution in [1.29, 1.82) is 0 Å². The molecule has 2 aromatic heterocycles.